The highest BCUT2D eigenvalue weighted by Crippen LogP contribution is 2.55. The standard InChI is InChI=1S/C18H15ClN2O3S/c1-18-5-4-12(24-18)13-14(18)17(23)21(16(13)22)9-2-3-10(11(19)8-9)15-20-6-7-25-15/h2-3,6-8,12-14H,4-5H2,1H3/t12-,13-,14+,18+/m0/s1. The van der Waals surface area contributed by atoms with E-state index < -0.39 is 5.60 Å². The minimum Gasteiger partial charge on any atom is -0.370 e. The number of hydrogen-bond donors (Lipinski definition) is 0. The van der Waals surface area contributed by atoms with Crippen molar-refractivity contribution in [1.82, 2.24) is 4.98 Å². The van der Waals surface area contributed by atoms with Gasteiger partial charge in [0.1, 0.15) is 5.01 Å². The molecule has 5 nitrogen and oxygen atoms in total. The molecule has 0 N–H and O–H groups in total. The maximum absolute atomic E-state index is 13.0. The van der Waals surface area contributed by atoms with Crippen molar-refractivity contribution in [3.63, 3.8) is 0 Å². The van der Waals surface area contributed by atoms with Gasteiger partial charge in [0.05, 0.1) is 34.3 Å². The number of carbonyl (C=O) groups is 2. The van der Waals surface area contributed by atoms with Crippen LogP contribution in [0.15, 0.2) is 29.8 Å². The van der Waals surface area contributed by atoms with Crippen LogP contribution in [-0.4, -0.2) is 28.5 Å². The van der Waals surface area contributed by atoms with E-state index in [-0.39, 0.29) is 29.8 Å². The number of carbonyl (C=O) groups excluding carboxylic acids is 2. The summed E-state index contributed by atoms with van der Waals surface area (Å²) in [7, 11) is 0. The van der Waals surface area contributed by atoms with E-state index in [2.05, 4.69) is 4.98 Å². The van der Waals surface area contributed by atoms with Gasteiger partial charge in [-0.05, 0) is 38.0 Å². The van der Waals surface area contributed by atoms with Crippen molar-refractivity contribution in [2.75, 3.05) is 4.90 Å². The lowest BCUT2D eigenvalue weighted by atomic mass is 9.74. The minimum atomic E-state index is -0.512. The van der Waals surface area contributed by atoms with E-state index in [4.69, 9.17) is 16.3 Å². The molecule has 0 aliphatic carbocycles. The Labute approximate surface area is 153 Å². The number of amides is 2. The fourth-order valence-electron chi connectivity index (χ4n) is 4.51. The molecule has 3 aliphatic heterocycles. The Balaban J connectivity index is 1.53. The molecule has 1 aromatic heterocycles. The summed E-state index contributed by atoms with van der Waals surface area (Å²) in [6.07, 6.45) is 3.25. The number of halogens is 1. The number of imide groups is 1. The SMILES string of the molecule is C[C@]12CC[C@H](O1)[C@@H]1C(=O)N(c3ccc(-c4nccs4)c(Cl)c3)C(=O)[C@@H]12. The third-order valence-corrected chi connectivity index (χ3v) is 6.75. The van der Waals surface area contributed by atoms with Gasteiger partial charge in [-0.25, -0.2) is 9.88 Å². The van der Waals surface area contributed by atoms with E-state index in [1.165, 1.54) is 16.2 Å². The monoisotopic (exact) mass is 374 g/mol. The van der Waals surface area contributed by atoms with Crippen molar-refractivity contribution in [2.45, 2.75) is 31.5 Å². The number of benzene rings is 1. The summed E-state index contributed by atoms with van der Waals surface area (Å²) in [6.45, 7) is 1.95. The molecule has 4 atom stereocenters. The summed E-state index contributed by atoms with van der Waals surface area (Å²) in [5, 5.41) is 3.17. The smallest absolute Gasteiger partial charge is 0.240 e. The number of hydrogen-bond acceptors (Lipinski definition) is 5. The minimum absolute atomic E-state index is 0.137. The summed E-state index contributed by atoms with van der Waals surface area (Å²) in [4.78, 5) is 31.5. The molecule has 0 radical (unpaired) electrons. The molecule has 128 valence electrons. The van der Waals surface area contributed by atoms with Crippen molar-refractivity contribution < 1.29 is 14.3 Å². The van der Waals surface area contributed by atoms with Crippen molar-refractivity contribution >= 4 is 40.4 Å². The Morgan fingerprint density at radius 2 is 2.20 bits per heavy atom. The number of aromatic nitrogens is 1. The Hall–Kier alpha value is -1.76. The quantitative estimate of drug-likeness (QED) is 0.754. The normalized spacial score (nSPS) is 33.4. The zero-order valence-corrected chi connectivity index (χ0v) is 15.0. The van der Waals surface area contributed by atoms with Gasteiger partial charge in [-0.3, -0.25) is 9.59 Å². The molecule has 0 spiro atoms. The van der Waals surface area contributed by atoms with Gasteiger partial charge >= 0.3 is 0 Å². The van der Waals surface area contributed by atoms with Crippen LogP contribution in [0, 0.1) is 11.8 Å². The number of rotatable bonds is 2. The van der Waals surface area contributed by atoms with Crippen molar-refractivity contribution in [1.29, 1.82) is 0 Å². The van der Waals surface area contributed by atoms with Gasteiger partial charge in [-0.2, -0.15) is 0 Å². The second kappa shape index (κ2) is 5.13. The van der Waals surface area contributed by atoms with Crippen molar-refractivity contribution in [3.05, 3.63) is 34.8 Å². The van der Waals surface area contributed by atoms with E-state index in [0.717, 1.165) is 23.4 Å². The molecule has 2 bridgehead atoms. The third-order valence-electron chi connectivity index (χ3n) is 5.63. The Kier molecular flexibility index (Phi) is 3.18. The van der Waals surface area contributed by atoms with Crippen LogP contribution in [0.2, 0.25) is 5.02 Å². The number of ether oxygens (including phenoxy) is 1. The molecule has 7 heteroatoms. The highest BCUT2D eigenvalue weighted by atomic mass is 35.5. The molecule has 4 heterocycles. The second-order valence-electron chi connectivity index (χ2n) is 7.02. The van der Waals surface area contributed by atoms with Crippen LogP contribution in [0.25, 0.3) is 10.6 Å². The van der Waals surface area contributed by atoms with E-state index in [1.807, 2.05) is 18.4 Å². The summed E-state index contributed by atoms with van der Waals surface area (Å²) in [5.74, 6) is -1.07. The van der Waals surface area contributed by atoms with E-state index in [1.54, 1.807) is 18.3 Å². The van der Waals surface area contributed by atoms with Gasteiger partial charge < -0.3 is 4.74 Å². The van der Waals surface area contributed by atoms with Crippen LogP contribution in [0.1, 0.15) is 19.8 Å². The van der Waals surface area contributed by atoms with Gasteiger partial charge in [-0.1, -0.05) is 11.6 Å². The van der Waals surface area contributed by atoms with Gasteiger partial charge in [-0.15, -0.1) is 11.3 Å². The lowest BCUT2D eigenvalue weighted by molar-refractivity contribution is -0.126. The van der Waals surface area contributed by atoms with Crippen LogP contribution < -0.4 is 4.90 Å². The predicted octanol–water partition coefficient (Wildman–Crippen LogP) is 3.52. The maximum Gasteiger partial charge on any atom is 0.240 e. The van der Waals surface area contributed by atoms with Crippen LogP contribution in [0.3, 0.4) is 0 Å². The summed E-state index contributed by atoms with van der Waals surface area (Å²) < 4.78 is 5.94. The first-order valence-electron chi connectivity index (χ1n) is 8.25. The van der Waals surface area contributed by atoms with Gasteiger partial charge in [0, 0.05) is 17.1 Å². The van der Waals surface area contributed by atoms with Crippen LogP contribution in [0.4, 0.5) is 5.69 Å². The zero-order valence-electron chi connectivity index (χ0n) is 13.4. The lowest BCUT2D eigenvalue weighted by Crippen LogP contribution is -2.39. The molecule has 0 saturated carbocycles. The molecular formula is C18H15ClN2O3S. The predicted molar refractivity (Wildman–Crippen MR) is 94.5 cm³/mol. The van der Waals surface area contributed by atoms with Crippen LogP contribution in [0.5, 0.6) is 0 Å². The van der Waals surface area contributed by atoms with E-state index >= 15 is 0 Å². The molecule has 2 amide bonds. The highest BCUT2D eigenvalue weighted by Gasteiger charge is 2.67. The van der Waals surface area contributed by atoms with Gasteiger partial charge in [0.15, 0.2) is 0 Å². The number of thiazole rings is 1. The maximum atomic E-state index is 13.0. The van der Waals surface area contributed by atoms with Gasteiger partial charge in [0.25, 0.3) is 0 Å². The summed E-state index contributed by atoms with van der Waals surface area (Å²) >= 11 is 7.90. The molecular weight excluding hydrogens is 360 g/mol. The fourth-order valence-corrected chi connectivity index (χ4v) is 5.51. The number of nitrogens with zero attached hydrogens (tertiary/aromatic N) is 2. The first kappa shape index (κ1) is 15.5. The zero-order chi connectivity index (χ0) is 17.3. The third kappa shape index (κ3) is 2.02. The largest absolute Gasteiger partial charge is 0.370 e. The highest BCUT2D eigenvalue weighted by molar-refractivity contribution is 7.13. The molecule has 3 fully saturated rings. The van der Waals surface area contributed by atoms with Crippen LogP contribution in [-0.2, 0) is 14.3 Å². The Bertz CT molecular complexity index is 900. The molecule has 25 heavy (non-hydrogen) atoms. The van der Waals surface area contributed by atoms with E-state index in [9.17, 15) is 9.59 Å². The van der Waals surface area contributed by atoms with Crippen LogP contribution >= 0.6 is 22.9 Å². The molecule has 3 saturated heterocycles. The Morgan fingerprint density at radius 1 is 1.36 bits per heavy atom. The average molecular weight is 375 g/mol. The van der Waals surface area contributed by atoms with E-state index in [0.29, 0.717) is 10.7 Å². The van der Waals surface area contributed by atoms with Gasteiger partial charge in [0.2, 0.25) is 11.8 Å². The van der Waals surface area contributed by atoms with Crippen molar-refractivity contribution in [2.24, 2.45) is 11.8 Å². The molecule has 2 aromatic rings. The number of anilines is 1. The second-order valence-corrected chi connectivity index (χ2v) is 8.33. The molecule has 0 unspecified atom stereocenters. The lowest BCUT2D eigenvalue weighted by Gasteiger charge is -2.26. The first-order valence-corrected chi connectivity index (χ1v) is 9.50. The molecule has 1 aromatic carbocycles. The molecule has 3 aliphatic rings. The molecule has 5 rings (SSSR count). The van der Waals surface area contributed by atoms with Crippen molar-refractivity contribution in [3.8, 4) is 10.6 Å². The summed E-state index contributed by atoms with van der Waals surface area (Å²) in [6, 6.07) is 5.27. The fraction of sp³-hybridized carbons (Fsp3) is 0.389. The average Bonchev–Trinajstić information content (AvgIpc) is 3.31. The number of fused-ring (bicyclic) bond motifs is 5. The first-order chi connectivity index (χ1) is 12.0. The topological polar surface area (TPSA) is 59.5 Å². The summed E-state index contributed by atoms with van der Waals surface area (Å²) in [5.41, 5.74) is 0.814. The Morgan fingerprint density at radius 3 is 2.88 bits per heavy atom.